The fraction of sp³-hybridized carbons (Fsp3) is 0.368. The third-order valence-corrected chi connectivity index (χ3v) is 4.73. The maximum Gasteiger partial charge on any atom is 0.290 e. The van der Waals surface area contributed by atoms with Gasteiger partial charge in [-0.15, -0.1) is 10.2 Å². The average Bonchev–Trinajstić information content (AvgIpc) is 3.29. The number of nitrogens with zero attached hydrogens (tertiary/aromatic N) is 4. The summed E-state index contributed by atoms with van der Waals surface area (Å²) in [4.78, 5) is 12.5. The Morgan fingerprint density at radius 2 is 2.07 bits per heavy atom. The van der Waals surface area contributed by atoms with Crippen LogP contribution in [0.1, 0.15) is 48.3 Å². The van der Waals surface area contributed by atoms with Crippen LogP contribution in [0.15, 0.2) is 34.9 Å². The van der Waals surface area contributed by atoms with Crippen molar-refractivity contribution in [1.82, 2.24) is 25.2 Å². The molecular weight excluding hydrogens is 349 g/mol. The quantitative estimate of drug-likeness (QED) is 0.764. The molecule has 0 saturated carbocycles. The number of aromatic nitrogens is 4. The number of aryl methyl sites for hydroxylation is 1. The zero-order valence-corrected chi connectivity index (χ0v) is 15.1. The summed E-state index contributed by atoms with van der Waals surface area (Å²) in [5, 5.41) is 15.4. The van der Waals surface area contributed by atoms with Gasteiger partial charge >= 0.3 is 0 Å². The smallest absolute Gasteiger partial charge is 0.290 e. The molecule has 0 spiro atoms. The SMILES string of the molecule is CC(C)c1cc(C(=O)N[C@@H]2CCc3nnc(-c4ccc(F)cc4)n3C2)on1. The summed E-state index contributed by atoms with van der Waals surface area (Å²) in [6.45, 7) is 4.53. The first-order valence-electron chi connectivity index (χ1n) is 8.96. The molecule has 4 rings (SSSR count). The Labute approximate surface area is 155 Å². The van der Waals surface area contributed by atoms with Crippen molar-refractivity contribution in [2.45, 2.75) is 45.2 Å². The van der Waals surface area contributed by atoms with Crippen molar-refractivity contribution in [1.29, 1.82) is 0 Å². The third kappa shape index (κ3) is 3.47. The van der Waals surface area contributed by atoms with Gasteiger partial charge in [-0.05, 0) is 36.6 Å². The minimum absolute atomic E-state index is 0.0761. The zero-order chi connectivity index (χ0) is 19.0. The number of nitrogens with one attached hydrogen (secondary N) is 1. The lowest BCUT2D eigenvalue weighted by molar-refractivity contribution is 0.0890. The number of halogens is 1. The van der Waals surface area contributed by atoms with E-state index in [0.717, 1.165) is 23.5 Å². The number of fused-ring (bicyclic) bond motifs is 1. The summed E-state index contributed by atoms with van der Waals surface area (Å²) in [5.74, 6) is 1.37. The van der Waals surface area contributed by atoms with Crippen LogP contribution in [0.2, 0.25) is 0 Å². The van der Waals surface area contributed by atoms with E-state index >= 15 is 0 Å². The highest BCUT2D eigenvalue weighted by Gasteiger charge is 2.26. The molecule has 0 saturated heterocycles. The van der Waals surface area contributed by atoms with Gasteiger partial charge in [0, 0.05) is 30.6 Å². The molecule has 27 heavy (non-hydrogen) atoms. The molecular formula is C19H20FN5O2. The van der Waals surface area contributed by atoms with Crippen LogP contribution >= 0.6 is 0 Å². The van der Waals surface area contributed by atoms with E-state index in [1.807, 2.05) is 18.4 Å². The summed E-state index contributed by atoms with van der Waals surface area (Å²) in [6.07, 6.45) is 1.46. The Bertz CT molecular complexity index is 961. The molecule has 1 atom stereocenters. The Morgan fingerprint density at radius 1 is 1.30 bits per heavy atom. The van der Waals surface area contributed by atoms with E-state index in [9.17, 15) is 9.18 Å². The lowest BCUT2D eigenvalue weighted by Crippen LogP contribution is -2.41. The number of hydrogen-bond donors (Lipinski definition) is 1. The number of hydrogen-bond acceptors (Lipinski definition) is 5. The second kappa shape index (κ2) is 6.94. The summed E-state index contributed by atoms with van der Waals surface area (Å²) in [7, 11) is 0. The molecule has 1 aliphatic rings. The molecule has 0 fully saturated rings. The van der Waals surface area contributed by atoms with Crippen LogP contribution < -0.4 is 5.32 Å². The Hall–Kier alpha value is -3.03. The van der Waals surface area contributed by atoms with Crippen LogP contribution in [-0.2, 0) is 13.0 Å². The molecule has 1 aliphatic heterocycles. The minimum Gasteiger partial charge on any atom is -0.351 e. The molecule has 0 unspecified atom stereocenters. The number of carbonyl (C=O) groups excluding carboxylic acids is 1. The molecule has 2 aromatic heterocycles. The van der Waals surface area contributed by atoms with Gasteiger partial charge in [-0.25, -0.2) is 4.39 Å². The van der Waals surface area contributed by atoms with Crippen LogP contribution in [-0.4, -0.2) is 31.9 Å². The second-order valence-electron chi connectivity index (χ2n) is 7.04. The number of benzene rings is 1. The van der Waals surface area contributed by atoms with Gasteiger partial charge in [0.15, 0.2) is 5.82 Å². The molecule has 1 aromatic carbocycles. The Balaban J connectivity index is 1.50. The van der Waals surface area contributed by atoms with Crippen LogP contribution in [0.25, 0.3) is 11.4 Å². The fourth-order valence-electron chi connectivity index (χ4n) is 3.18. The van der Waals surface area contributed by atoms with Gasteiger partial charge in [0.2, 0.25) is 5.76 Å². The summed E-state index contributed by atoms with van der Waals surface area (Å²) in [6, 6.07) is 7.75. The van der Waals surface area contributed by atoms with Gasteiger partial charge in [0.05, 0.1) is 5.69 Å². The van der Waals surface area contributed by atoms with Crippen LogP contribution in [0.5, 0.6) is 0 Å². The van der Waals surface area contributed by atoms with Gasteiger partial charge < -0.3 is 14.4 Å². The van der Waals surface area contributed by atoms with E-state index in [1.165, 1.54) is 12.1 Å². The molecule has 3 aromatic rings. The van der Waals surface area contributed by atoms with Crippen molar-refractivity contribution in [2.75, 3.05) is 0 Å². The van der Waals surface area contributed by atoms with Crippen LogP contribution in [0.4, 0.5) is 4.39 Å². The van der Waals surface area contributed by atoms with Gasteiger partial charge in [0.25, 0.3) is 5.91 Å². The molecule has 8 heteroatoms. The van der Waals surface area contributed by atoms with E-state index < -0.39 is 0 Å². The summed E-state index contributed by atoms with van der Waals surface area (Å²) >= 11 is 0. The molecule has 1 N–H and O–H groups in total. The molecule has 7 nitrogen and oxygen atoms in total. The summed E-state index contributed by atoms with van der Waals surface area (Å²) in [5.41, 5.74) is 1.54. The maximum absolute atomic E-state index is 13.2. The van der Waals surface area contributed by atoms with E-state index in [4.69, 9.17) is 4.52 Å². The predicted molar refractivity (Wildman–Crippen MR) is 95.6 cm³/mol. The molecule has 140 valence electrons. The van der Waals surface area contributed by atoms with Crippen LogP contribution in [0, 0.1) is 5.82 Å². The monoisotopic (exact) mass is 369 g/mol. The third-order valence-electron chi connectivity index (χ3n) is 4.73. The normalized spacial score (nSPS) is 16.4. The Morgan fingerprint density at radius 3 is 2.78 bits per heavy atom. The van der Waals surface area contributed by atoms with Crippen molar-refractivity contribution >= 4 is 5.91 Å². The topological polar surface area (TPSA) is 85.8 Å². The summed E-state index contributed by atoms with van der Waals surface area (Å²) < 4.78 is 20.3. The first-order valence-corrected chi connectivity index (χ1v) is 8.96. The van der Waals surface area contributed by atoms with Crippen molar-refractivity contribution < 1.29 is 13.7 Å². The van der Waals surface area contributed by atoms with Crippen molar-refractivity contribution in [3.8, 4) is 11.4 Å². The first kappa shape index (κ1) is 17.4. The Kier molecular flexibility index (Phi) is 4.47. The number of rotatable bonds is 4. The van der Waals surface area contributed by atoms with E-state index in [0.29, 0.717) is 18.8 Å². The van der Waals surface area contributed by atoms with E-state index in [2.05, 4.69) is 20.7 Å². The van der Waals surface area contributed by atoms with Crippen LogP contribution in [0.3, 0.4) is 0 Å². The highest BCUT2D eigenvalue weighted by molar-refractivity contribution is 5.91. The zero-order valence-electron chi connectivity index (χ0n) is 15.1. The average molecular weight is 369 g/mol. The molecule has 0 radical (unpaired) electrons. The molecule has 0 aliphatic carbocycles. The molecule has 1 amide bonds. The lowest BCUT2D eigenvalue weighted by Gasteiger charge is -2.24. The lowest BCUT2D eigenvalue weighted by atomic mass is 10.1. The number of carbonyl (C=O) groups is 1. The molecule has 3 heterocycles. The highest BCUT2D eigenvalue weighted by Crippen LogP contribution is 2.23. The van der Waals surface area contributed by atoms with Crippen molar-refractivity contribution in [2.24, 2.45) is 0 Å². The fourth-order valence-corrected chi connectivity index (χ4v) is 3.18. The largest absolute Gasteiger partial charge is 0.351 e. The van der Waals surface area contributed by atoms with Gasteiger partial charge in [0.1, 0.15) is 11.6 Å². The van der Waals surface area contributed by atoms with E-state index in [1.54, 1.807) is 18.2 Å². The molecule has 0 bridgehead atoms. The predicted octanol–water partition coefficient (Wildman–Crippen LogP) is 2.94. The van der Waals surface area contributed by atoms with Gasteiger partial charge in [-0.1, -0.05) is 19.0 Å². The minimum atomic E-state index is -0.296. The van der Waals surface area contributed by atoms with Crippen molar-refractivity contribution in [3.63, 3.8) is 0 Å². The first-order chi connectivity index (χ1) is 13.0. The number of amides is 1. The highest BCUT2D eigenvalue weighted by atomic mass is 19.1. The standard InChI is InChI=1S/C19H20FN5O2/c1-11(2)15-9-16(27-24-15)19(26)21-14-7-8-17-22-23-18(25(17)10-14)12-3-5-13(20)6-4-12/h3-6,9,11,14H,7-8,10H2,1-2H3,(H,21,26)/t14-/m1/s1. The van der Waals surface area contributed by atoms with E-state index in [-0.39, 0.29) is 29.4 Å². The van der Waals surface area contributed by atoms with Gasteiger partial charge in [-0.3, -0.25) is 4.79 Å². The maximum atomic E-state index is 13.2. The van der Waals surface area contributed by atoms with Crippen molar-refractivity contribution in [3.05, 3.63) is 53.4 Å². The van der Waals surface area contributed by atoms with Gasteiger partial charge in [-0.2, -0.15) is 0 Å². The second-order valence-corrected chi connectivity index (χ2v) is 7.04.